The van der Waals surface area contributed by atoms with Crippen LogP contribution in [0.4, 0.5) is 4.39 Å². The molecule has 0 aliphatic carbocycles. The first-order chi connectivity index (χ1) is 12.0. The number of H-pyrrole nitrogens is 1. The molecule has 7 heteroatoms. The first-order valence-electron chi connectivity index (χ1n) is 8.10. The van der Waals surface area contributed by atoms with E-state index >= 15 is 0 Å². The Labute approximate surface area is 142 Å². The molecule has 0 spiro atoms. The fourth-order valence-electron chi connectivity index (χ4n) is 3.52. The number of nitrogens with one attached hydrogen (secondary N) is 1. The second-order valence-electron chi connectivity index (χ2n) is 6.33. The van der Waals surface area contributed by atoms with Gasteiger partial charge < -0.3 is 9.88 Å². The number of aryl methyl sites for hydroxylation is 1. The molecule has 25 heavy (non-hydrogen) atoms. The number of aromatic nitrogens is 3. The highest BCUT2D eigenvalue weighted by Gasteiger charge is 2.30. The zero-order valence-electron chi connectivity index (χ0n) is 13.9. The van der Waals surface area contributed by atoms with Gasteiger partial charge in [-0.1, -0.05) is 6.07 Å². The van der Waals surface area contributed by atoms with Gasteiger partial charge in [0.15, 0.2) is 0 Å². The molecule has 1 unspecified atom stereocenters. The van der Waals surface area contributed by atoms with E-state index in [1.807, 2.05) is 6.92 Å². The van der Waals surface area contributed by atoms with Gasteiger partial charge in [-0.15, -0.1) is 0 Å². The zero-order chi connectivity index (χ0) is 17.7. The van der Waals surface area contributed by atoms with Crippen molar-refractivity contribution in [3.8, 4) is 0 Å². The van der Waals surface area contributed by atoms with Crippen molar-refractivity contribution in [1.29, 1.82) is 0 Å². The fraction of sp³-hybridized carbons (Fsp3) is 0.278. The van der Waals surface area contributed by atoms with E-state index in [2.05, 4.69) is 10.1 Å². The molecular formula is C18H17FN4O2. The van der Waals surface area contributed by atoms with Crippen LogP contribution < -0.4 is 5.43 Å². The van der Waals surface area contributed by atoms with Crippen LogP contribution in [0.3, 0.4) is 0 Å². The number of hydrogen-bond donors (Lipinski definition) is 1. The van der Waals surface area contributed by atoms with Crippen LogP contribution in [-0.2, 0) is 13.5 Å². The number of amides is 1. The van der Waals surface area contributed by atoms with Crippen LogP contribution in [-0.4, -0.2) is 32.1 Å². The number of carbonyl (C=O) groups excluding carboxylic acids is 1. The van der Waals surface area contributed by atoms with Gasteiger partial charge >= 0.3 is 0 Å². The Morgan fingerprint density at radius 1 is 1.40 bits per heavy atom. The normalized spacial score (nSPS) is 16.9. The van der Waals surface area contributed by atoms with E-state index in [4.69, 9.17) is 0 Å². The van der Waals surface area contributed by atoms with E-state index < -0.39 is 0 Å². The largest absolute Gasteiger partial charge is 0.345 e. The maximum Gasteiger partial charge on any atom is 0.259 e. The van der Waals surface area contributed by atoms with E-state index in [9.17, 15) is 14.0 Å². The third-order valence-electron chi connectivity index (χ3n) is 4.92. The molecule has 3 aromatic rings. The zero-order valence-corrected chi connectivity index (χ0v) is 13.9. The Morgan fingerprint density at radius 2 is 2.20 bits per heavy atom. The number of carbonyl (C=O) groups is 1. The molecule has 0 bridgehead atoms. The van der Waals surface area contributed by atoms with Crippen molar-refractivity contribution >= 4 is 16.9 Å². The van der Waals surface area contributed by atoms with Crippen LogP contribution in [0.25, 0.3) is 11.0 Å². The highest BCUT2D eigenvalue weighted by molar-refractivity contribution is 5.97. The summed E-state index contributed by atoms with van der Waals surface area (Å²) in [6, 6.07) is 4.41. The standard InChI is InChI=1S/C18H17FN4O2/c1-10-13-4-3-12(19)7-11(13)5-6-23(10)18(25)15-8-20-17-14(16(15)24)9-21-22(17)2/h3-4,7-10H,5-6H2,1-2H3,(H,20,24). The first-order valence-corrected chi connectivity index (χ1v) is 8.10. The summed E-state index contributed by atoms with van der Waals surface area (Å²) in [5, 5.41) is 4.44. The van der Waals surface area contributed by atoms with Gasteiger partial charge in [0.05, 0.1) is 17.6 Å². The van der Waals surface area contributed by atoms with E-state index in [1.165, 1.54) is 24.5 Å². The molecule has 4 rings (SSSR count). The van der Waals surface area contributed by atoms with Crippen LogP contribution in [0, 0.1) is 5.82 Å². The monoisotopic (exact) mass is 340 g/mol. The summed E-state index contributed by atoms with van der Waals surface area (Å²) in [5.41, 5.74) is 2.17. The van der Waals surface area contributed by atoms with Gasteiger partial charge in [-0.05, 0) is 36.6 Å². The lowest BCUT2D eigenvalue weighted by Crippen LogP contribution is -2.40. The molecule has 1 atom stereocenters. The Balaban J connectivity index is 1.73. The smallest absolute Gasteiger partial charge is 0.259 e. The molecule has 1 N–H and O–H groups in total. The van der Waals surface area contributed by atoms with Crippen molar-refractivity contribution in [2.75, 3.05) is 6.54 Å². The highest BCUT2D eigenvalue weighted by atomic mass is 19.1. The SMILES string of the molecule is CC1c2ccc(F)cc2CCN1C(=O)c1c[nH]c2c(cnn2C)c1=O. The van der Waals surface area contributed by atoms with Gasteiger partial charge in [-0.2, -0.15) is 5.10 Å². The second kappa shape index (κ2) is 5.54. The highest BCUT2D eigenvalue weighted by Crippen LogP contribution is 2.30. The summed E-state index contributed by atoms with van der Waals surface area (Å²) in [5.74, 6) is -0.598. The molecule has 0 radical (unpaired) electrons. The van der Waals surface area contributed by atoms with Crippen LogP contribution in [0.2, 0.25) is 0 Å². The molecule has 1 amide bonds. The quantitative estimate of drug-likeness (QED) is 0.738. The predicted octanol–water partition coefficient (Wildman–Crippen LogP) is 2.16. The number of fused-ring (bicyclic) bond motifs is 2. The van der Waals surface area contributed by atoms with Crippen LogP contribution in [0.5, 0.6) is 0 Å². The lowest BCUT2D eigenvalue weighted by Gasteiger charge is -2.35. The lowest BCUT2D eigenvalue weighted by molar-refractivity contribution is 0.0676. The second-order valence-corrected chi connectivity index (χ2v) is 6.33. The molecule has 0 saturated carbocycles. The molecule has 0 fully saturated rings. The molecule has 3 heterocycles. The number of aromatic amines is 1. The molecule has 128 valence electrons. The third-order valence-corrected chi connectivity index (χ3v) is 4.92. The Morgan fingerprint density at radius 3 is 3.00 bits per heavy atom. The summed E-state index contributed by atoms with van der Waals surface area (Å²) in [6.07, 6.45) is 3.47. The topological polar surface area (TPSA) is 71.0 Å². The van der Waals surface area contributed by atoms with Gasteiger partial charge in [0.25, 0.3) is 5.91 Å². The summed E-state index contributed by atoms with van der Waals surface area (Å²) in [6.45, 7) is 2.34. The number of benzene rings is 1. The Bertz CT molecular complexity index is 1050. The minimum atomic E-state index is -0.330. The van der Waals surface area contributed by atoms with Crippen LogP contribution in [0.1, 0.15) is 34.5 Å². The van der Waals surface area contributed by atoms with E-state index in [-0.39, 0.29) is 28.8 Å². The first kappa shape index (κ1) is 15.6. The fourth-order valence-corrected chi connectivity index (χ4v) is 3.52. The summed E-state index contributed by atoms with van der Waals surface area (Å²) in [7, 11) is 1.72. The lowest BCUT2D eigenvalue weighted by atomic mass is 9.93. The van der Waals surface area contributed by atoms with Crippen molar-refractivity contribution in [3.05, 3.63) is 63.3 Å². The number of rotatable bonds is 1. The van der Waals surface area contributed by atoms with Crippen LogP contribution in [0.15, 0.2) is 35.4 Å². The minimum absolute atomic E-state index is 0.0953. The van der Waals surface area contributed by atoms with Crippen molar-refractivity contribution in [2.24, 2.45) is 7.05 Å². The van der Waals surface area contributed by atoms with Gasteiger partial charge in [-0.25, -0.2) is 4.39 Å². The maximum atomic E-state index is 13.4. The van der Waals surface area contributed by atoms with Crippen molar-refractivity contribution < 1.29 is 9.18 Å². The number of nitrogens with zero attached hydrogens (tertiary/aromatic N) is 3. The predicted molar refractivity (Wildman–Crippen MR) is 90.9 cm³/mol. The van der Waals surface area contributed by atoms with Gasteiger partial charge in [-0.3, -0.25) is 14.3 Å². The molecule has 1 aliphatic heterocycles. The minimum Gasteiger partial charge on any atom is -0.345 e. The number of halogens is 1. The number of hydrogen-bond acceptors (Lipinski definition) is 3. The third kappa shape index (κ3) is 2.34. The van der Waals surface area contributed by atoms with Crippen molar-refractivity contribution in [3.63, 3.8) is 0 Å². The van der Waals surface area contributed by atoms with E-state index in [0.29, 0.717) is 24.0 Å². The van der Waals surface area contributed by atoms with Crippen molar-refractivity contribution in [2.45, 2.75) is 19.4 Å². The summed E-state index contributed by atoms with van der Waals surface area (Å²) in [4.78, 5) is 30.2. The van der Waals surface area contributed by atoms with Gasteiger partial charge in [0.2, 0.25) is 5.43 Å². The average molecular weight is 340 g/mol. The molecule has 2 aromatic heterocycles. The molecule has 6 nitrogen and oxygen atoms in total. The van der Waals surface area contributed by atoms with Gasteiger partial charge in [0.1, 0.15) is 17.0 Å². The summed E-state index contributed by atoms with van der Waals surface area (Å²) < 4.78 is 15.0. The van der Waals surface area contributed by atoms with Crippen molar-refractivity contribution in [1.82, 2.24) is 19.7 Å². The molecule has 1 aliphatic rings. The Kier molecular flexibility index (Phi) is 3.45. The van der Waals surface area contributed by atoms with E-state index in [0.717, 1.165) is 11.1 Å². The van der Waals surface area contributed by atoms with Gasteiger partial charge in [0, 0.05) is 19.8 Å². The molecule has 1 aromatic carbocycles. The summed E-state index contributed by atoms with van der Waals surface area (Å²) >= 11 is 0. The van der Waals surface area contributed by atoms with E-state index in [1.54, 1.807) is 22.7 Å². The van der Waals surface area contributed by atoms with Crippen LogP contribution >= 0.6 is 0 Å². The average Bonchev–Trinajstić information content (AvgIpc) is 2.97. The maximum absolute atomic E-state index is 13.4. The Hall–Kier alpha value is -2.96. The number of pyridine rings is 1. The molecular weight excluding hydrogens is 323 g/mol. The molecule has 0 saturated heterocycles.